The van der Waals surface area contributed by atoms with Gasteiger partial charge in [-0.2, -0.15) is 0 Å². The van der Waals surface area contributed by atoms with Crippen molar-refractivity contribution in [2.75, 3.05) is 39.0 Å². The van der Waals surface area contributed by atoms with E-state index in [2.05, 4.69) is 27.3 Å². The van der Waals surface area contributed by atoms with Gasteiger partial charge in [0.15, 0.2) is 5.13 Å². The van der Waals surface area contributed by atoms with Gasteiger partial charge in [-0.05, 0) is 26.1 Å². The molecule has 0 bridgehead atoms. The van der Waals surface area contributed by atoms with Crippen molar-refractivity contribution in [2.24, 2.45) is 0 Å². The zero-order valence-corrected chi connectivity index (χ0v) is 13.8. The molecule has 1 heterocycles. The van der Waals surface area contributed by atoms with Crippen LogP contribution < -0.4 is 5.32 Å². The summed E-state index contributed by atoms with van der Waals surface area (Å²) in [7, 11) is 4.02. The highest BCUT2D eigenvalue weighted by atomic mass is 32.1. The van der Waals surface area contributed by atoms with E-state index >= 15 is 0 Å². The Kier molecular flexibility index (Phi) is 6.36. The van der Waals surface area contributed by atoms with Gasteiger partial charge in [0.2, 0.25) is 0 Å². The molecule has 0 fully saturated rings. The molecule has 0 saturated heterocycles. The van der Waals surface area contributed by atoms with Gasteiger partial charge in [0.1, 0.15) is 0 Å². The van der Waals surface area contributed by atoms with E-state index in [1.54, 1.807) is 6.20 Å². The quantitative estimate of drug-likeness (QED) is 0.854. The highest BCUT2D eigenvalue weighted by molar-refractivity contribution is 7.13. The molecule has 0 unspecified atom stereocenters. The molecule has 2 rings (SSSR count). The van der Waals surface area contributed by atoms with E-state index in [0.717, 1.165) is 13.0 Å². The first-order valence-electron chi connectivity index (χ1n) is 7.29. The van der Waals surface area contributed by atoms with Crippen LogP contribution in [0.3, 0.4) is 0 Å². The molecule has 22 heavy (non-hydrogen) atoms. The van der Waals surface area contributed by atoms with E-state index in [4.69, 9.17) is 0 Å². The maximum absolute atomic E-state index is 12.4. The molecule has 0 radical (unpaired) electrons. The largest absolute Gasteiger partial charge is 0.323 e. The summed E-state index contributed by atoms with van der Waals surface area (Å²) in [4.78, 5) is 20.4. The van der Waals surface area contributed by atoms with E-state index < -0.39 is 0 Å². The lowest BCUT2D eigenvalue weighted by atomic mass is 10.1. The summed E-state index contributed by atoms with van der Waals surface area (Å²) < 4.78 is 0. The molecular weight excluding hydrogens is 296 g/mol. The zero-order valence-electron chi connectivity index (χ0n) is 13.0. The highest BCUT2D eigenvalue weighted by Crippen LogP contribution is 2.11. The summed E-state index contributed by atoms with van der Waals surface area (Å²) in [6.07, 6.45) is 2.54. The molecule has 0 aliphatic carbocycles. The predicted octanol–water partition coefficient (Wildman–Crippen LogP) is 2.78. The Hall–Kier alpha value is -1.92. The third-order valence-corrected chi connectivity index (χ3v) is 3.95. The van der Waals surface area contributed by atoms with Gasteiger partial charge in [-0.3, -0.25) is 5.32 Å². The van der Waals surface area contributed by atoms with Crippen LogP contribution >= 0.6 is 11.3 Å². The maximum atomic E-state index is 12.4. The van der Waals surface area contributed by atoms with E-state index in [0.29, 0.717) is 18.2 Å². The summed E-state index contributed by atoms with van der Waals surface area (Å²) in [5.74, 6) is 0. The fourth-order valence-electron chi connectivity index (χ4n) is 2.00. The molecule has 1 aromatic heterocycles. The molecule has 1 aromatic carbocycles. The molecule has 1 N–H and O–H groups in total. The number of nitrogens with zero attached hydrogens (tertiary/aromatic N) is 3. The van der Waals surface area contributed by atoms with E-state index in [-0.39, 0.29) is 6.03 Å². The third kappa shape index (κ3) is 5.46. The first kappa shape index (κ1) is 16.5. The number of aromatic nitrogens is 1. The van der Waals surface area contributed by atoms with Gasteiger partial charge < -0.3 is 9.80 Å². The molecule has 118 valence electrons. The monoisotopic (exact) mass is 318 g/mol. The minimum atomic E-state index is -0.0901. The highest BCUT2D eigenvalue weighted by Gasteiger charge is 2.14. The number of nitrogens with one attached hydrogen (secondary N) is 1. The number of carbonyl (C=O) groups is 1. The molecule has 0 atom stereocenters. The Morgan fingerprint density at radius 3 is 2.59 bits per heavy atom. The minimum absolute atomic E-state index is 0.0901. The van der Waals surface area contributed by atoms with Crippen LogP contribution in [0.4, 0.5) is 9.93 Å². The van der Waals surface area contributed by atoms with Gasteiger partial charge in [0.25, 0.3) is 0 Å². The number of rotatable bonds is 7. The first-order chi connectivity index (χ1) is 10.6. The Balaban J connectivity index is 1.93. The standard InChI is InChI=1S/C16H22N4OS/c1-19(2)11-12-20(10-8-14-6-4-3-5-7-14)16(21)18-15-17-9-13-22-15/h3-7,9,13H,8,10-12H2,1-2H3,(H,17,18,21). The molecule has 5 nitrogen and oxygen atoms in total. The molecule has 2 aromatic rings. The summed E-state index contributed by atoms with van der Waals surface area (Å²) in [5, 5.41) is 5.35. The Labute approximate surface area is 135 Å². The molecule has 2 amide bonds. The normalized spacial score (nSPS) is 10.7. The number of urea groups is 1. The third-order valence-electron chi connectivity index (χ3n) is 3.26. The number of carbonyl (C=O) groups excluding carboxylic acids is 1. The molecular formula is C16H22N4OS. The SMILES string of the molecule is CN(C)CCN(CCc1ccccc1)C(=O)Nc1nccs1. The second-order valence-electron chi connectivity index (χ2n) is 5.29. The summed E-state index contributed by atoms with van der Waals surface area (Å²) >= 11 is 1.43. The number of likely N-dealkylation sites (N-methyl/N-ethyl adjacent to an activating group) is 1. The van der Waals surface area contributed by atoms with Crippen molar-refractivity contribution in [1.29, 1.82) is 0 Å². The van der Waals surface area contributed by atoms with E-state index in [9.17, 15) is 4.79 Å². The maximum Gasteiger partial charge on any atom is 0.323 e. The number of amides is 2. The Bertz CT molecular complexity index is 557. The number of benzene rings is 1. The van der Waals surface area contributed by atoms with Crippen molar-refractivity contribution in [3.63, 3.8) is 0 Å². The second-order valence-corrected chi connectivity index (χ2v) is 6.19. The second kappa shape index (κ2) is 8.51. The first-order valence-corrected chi connectivity index (χ1v) is 8.17. The number of hydrogen-bond donors (Lipinski definition) is 1. The van der Waals surface area contributed by atoms with E-state index in [1.807, 2.05) is 42.6 Å². The Morgan fingerprint density at radius 2 is 1.95 bits per heavy atom. The Morgan fingerprint density at radius 1 is 1.18 bits per heavy atom. The van der Waals surface area contributed by atoms with Crippen LogP contribution in [0.1, 0.15) is 5.56 Å². The lowest BCUT2D eigenvalue weighted by Crippen LogP contribution is -2.40. The van der Waals surface area contributed by atoms with Crippen molar-refractivity contribution >= 4 is 22.5 Å². The van der Waals surface area contributed by atoms with Crippen molar-refractivity contribution in [3.05, 3.63) is 47.5 Å². The van der Waals surface area contributed by atoms with Crippen LogP contribution in [0.25, 0.3) is 0 Å². The van der Waals surface area contributed by atoms with Crippen molar-refractivity contribution in [2.45, 2.75) is 6.42 Å². The lowest BCUT2D eigenvalue weighted by molar-refractivity contribution is 0.205. The summed E-state index contributed by atoms with van der Waals surface area (Å²) in [6, 6.07) is 10.1. The number of anilines is 1. The van der Waals surface area contributed by atoms with Gasteiger partial charge >= 0.3 is 6.03 Å². The van der Waals surface area contributed by atoms with E-state index in [1.165, 1.54) is 16.9 Å². The molecule has 0 spiro atoms. The average Bonchev–Trinajstić information content (AvgIpc) is 3.01. The van der Waals surface area contributed by atoms with Crippen LogP contribution in [0, 0.1) is 0 Å². The van der Waals surface area contributed by atoms with Gasteiger partial charge in [-0.25, -0.2) is 9.78 Å². The van der Waals surface area contributed by atoms with Crippen LogP contribution in [0.2, 0.25) is 0 Å². The van der Waals surface area contributed by atoms with Crippen LogP contribution in [-0.2, 0) is 6.42 Å². The summed E-state index contributed by atoms with van der Waals surface area (Å²) in [5.41, 5.74) is 1.24. The minimum Gasteiger partial charge on any atom is -0.323 e. The predicted molar refractivity (Wildman–Crippen MR) is 91.4 cm³/mol. The van der Waals surface area contributed by atoms with Gasteiger partial charge in [0, 0.05) is 31.2 Å². The average molecular weight is 318 g/mol. The van der Waals surface area contributed by atoms with Crippen molar-refractivity contribution < 1.29 is 4.79 Å². The molecule has 0 aliphatic rings. The summed E-state index contributed by atoms with van der Waals surface area (Å²) in [6.45, 7) is 2.21. The van der Waals surface area contributed by atoms with Crippen molar-refractivity contribution in [1.82, 2.24) is 14.8 Å². The zero-order chi connectivity index (χ0) is 15.8. The topological polar surface area (TPSA) is 48.5 Å². The number of thiazole rings is 1. The van der Waals surface area contributed by atoms with Crippen LogP contribution in [-0.4, -0.2) is 54.5 Å². The fraction of sp³-hybridized carbons (Fsp3) is 0.375. The lowest BCUT2D eigenvalue weighted by Gasteiger charge is -2.24. The molecule has 6 heteroatoms. The smallest absolute Gasteiger partial charge is 0.323 e. The fourth-order valence-corrected chi connectivity index (χ4v) is 2.52. The van der Waals surface area contributed by atoms with Gasteiger partial charge in [-0.1, -0.05) is 30.3 Å². The molecule has 0 saturated carbocycles. The molecule has 0 aliphatic heterocycles. The number of hydrogen-bond acceptors (Lipinski definition) is 4. The van der Waals surface area contributed by atoms with Crippen LogP contribution in [0.15, 0.2) is 41.9 Å². The van der Waals surface area contributed by atoms with Gasteiger partial charge in [-0.15, -0.1) is 11.3 Å². The van der Waals surface area contributed by atoms with Crippen LogP contribution in [0.5, 0.6) is 0 Å². The van der Waals surface area contributed by atoms with Crippen molar-refractivity contribution in [3.8, 4) is 0 Å². The van der Waals surface area contributed by atoms with Gasteiger partial charge in [0.05, 0.1) is 0 Å².